The zero-order valence-corrected chi connectivity index (χ0v) is 16.6. The normalized spacial score (nSPS) is 11.1. The van der Waals surface area contributed by atoms with Crippen LogP contribution in [0.25, 0.3) is 0 Å². The average Bonchev–Trinajstić information content (AvgIpc) is 2.71. The number of carbonyl (C=O) groups excluding carboxylic acids is 1. The molecule has 0 spiro atoms. The predicted octanol–water partition coefficient (Wildman–Crippen LogP) is 2.87. The monoisotopic (exact) mass is 412 g/mol. The molecule has 7 nitrogen and oxygen atoms in total. The molecule has 1 N–H and O–H groups in total. The lowest BCUT2D eigenvalue weighted by atomic mass is 10.2. The summed E-state index contributed by atoms with van der Waals surface area (Å²) in [6.07, 6.45) is 1.69. The smallest absolute Gasteiger partial charge is 0.338 e. The van der Waals surface area contributed by atoms with Crippen LogP contribution in [0.1, 0.15) is 22.8 Å². The molecule has 3 rings (SSSR count). The number of pyridine rings is 1. The van der Waals surface area contributed by atoms with E-state index >= 15 is 0 Å². The standard InChI is InChI=1S/C21H20N2O5S/c1-2-28-21(25)17-8-12-19(13-9-17)29(26,27)22-18-10-6-16(7-11-18)15-23-14-4-3-5-20(23)24/h3-14,22H,2,15H2,1H3. The summed E-state index contributed by atoms with van der Waals surface area (Å²) in [6.45, 7) is 2.33. The molecule has 1 heterocycles. The van der Waals surface area contributed by atoms with Crippen molar-refractivity contribution in [1.29, 1.82) is 0 Å². The maximum atomic E-state index is 12.6. The van der Waals surface area contributed by atoms with Crippen LogP contribution in [0, 0.1) is 0 Å². The highest BCUT2D eigenvalue weighted by atomic mass is 32.2. The van der Waals surface area contributed by atoms with Gasteiger partial charge in [0.25, 0.3) is 15.6 Å². The molecule has 29 heavy (non-hydrogen) atoms. The van der Waals surface area contributed by atoms with E-state index in [0.717, 1.165) is 5.56 Å². The van der Waals surface area contributed by atoms with Crippen molar-refractivity contribution in [1.82, 2.24) is 4.57 Å². The Kier molecular flexibility index (Phi) is 6.13. The molecule has 0 amide bonds. The molecule has 0 radical (unpaired) electrons. The largest absolute Gasteiger partial charge is 0.462 e. The van der Waals surface area contributed by atoms with Crippen LogP contribution in [0.3, 0.4) is 0 Å². The fourth-order valence-electron chi connectivity index (χ4n) is 2.66. The summed E-state index contributed by atoms with van der Waals surface area (Å²) in [5.41, 5.74) is 1.43. The molecule has 1 aromatic heterocycles. The fraction of sp³-hybridized carbons (Fsp3) is 0.143. The number of hydrogen-bond acceptors (Lipinski definition) is 5. The predicted molar refractivity (Wildman–Crippen MR) is 109 cm³/mol. The fourth-order valence-corrected chi connectivity index (χ4v) is 3.72. The SMILES string of the molecule is CCOC(=O)c1ccc(S(=O)(=O)Nc2ccc(Cn3ccccc3=O)cc2)cc1. The van der Waals surface area contributed by atoms with Gasteiger partial charge in [0.05, 0.1) is 23.6 Å². The summed E-state index contributed by atoms with van der Waals surface area (Å²) in [7, 11) is -3.80. The van der Waals surface area contributed by atoms with E-state index in [4.69, 9.17) is 4.74 Å². The van der Waals surface area contributed by atoms with Crippen molar-refractivity contribution < 1.29 is 17.9 Å². The van der Waals surface area contributed by atoms with Gasteiger partial charge in [0, 0.05) is 18.0 Å². The third-order valence-corrected chi connectivity index (χ3v) is 5.53. The van der Waals surface area contributed by atoms with Crippen molar-refractivity contribution >= 4 is 21.7 Å². The van der Waals surface area contributed by atoms with Crippen LogP contribution >= 0.6 is 0 Å². The molecule has 0 unspecified atom stereocenters. The van der Waals surface area contributed by atoms with Crippen molar-refractivity contribution in [2.45, 2.75) is 18.4 Å². The summed E-state index contributed by atoms with van der Waals surface area (Å²) < 4.78 is 34.1. The Morgan fingerprint density at radius 1 is 1.00 bits per heavy atom. The molecule has 2 aromatic carbocycles. The van der Waals surface area contributed by atoms with Crippen LogP contribution in [0.4, 0.5) is 5.69 Å². The van der Waals surface area contributed by atoms with Crippen molar-refractivity contribution in [3.63, 3.8) is 0 Å². The van der Waals surface area contributed by atoms with E-state index in [1.54, 1.807) is 54.1 Å². The van der Waals surface area contributed by atoms with E-state index in [0.29, 0.717) is 12.2 Å². The van der Waals surface area contributed by atoms with Gasteiger partial charge in [-0.05, 0) is 55.0 Å². The van der Waals surface area contributed by atoms with Crippen molar-refractivity contribution in [3.8, 4) is 0 Å². The van der Waals surface area contributed by atoms with Crippen molar-refractivity contribution in [2.75, 3.05) is 11.3 Å². The molecule has 0 atom stereocenters. The van der Waals surface area contributed by atoms with Crippen LogP contribution in [0.15, 0.2) is 82.6 Å². The minimum atomic E-state index is -3.80. The quantitative estimate of drug-likeness (QED) is 0.602. The van der Waals surface area contributed by atoms with E-state index in [2.05, 4.69) is 4.72 Å². The van der Waals surface area contributed by atoms with Gasteiger partial charge in [-0.2, -0.15) is 0 Å². The second-order valence-electron chi connectivity index (χ2n) is 6.21. The molecule has 150 valence electrons. The topological polar surface area (TPSA) is 94.5 Å². The van der Waals surface area contributed by atoms with Crippen LogP contribution < -0.4 is 10.3 Å². The van der Waals surface area contributed by atoms with Gasteiger partial charge in [0.15, 0.2) is 0 Å². The Labute approximate surface area is 168 Å². The van der Waals surface area contributed by atoms with Crippen LogP contribution in [-0.4, -0.2) is 25.6 Å². The summed E-state index contributed by atoms with van der Waals surface area (Å²) >= 11 is 0. The van der Waals surface area contributed by atoms with Crippen LogP contribution in [0.5, 0.6) is 0 Å². The number of carbonyl (C=O) groups is 1. The van der Waals surface area contributed by atoms with Gasteiger partial charge in [0.1, 0.15) is 0 Å². The lowest BCUT2D eigenvalue weighted by molar-refractivity contribution is 0.0526. The number of benzene rings is 2. The minimum absolute atomic E-state index is 0.0328. The lowest BCUT2D eigenvalue weighted by Gasteiger charge is -2.10. The first-order chi connectivity index (χ1) is 13.9. The molecule has 8 heteroatoms. The first kappa shape index (κ1) is 20.3. The van der Waals surface area contributed by atoms with Gasteiger partial charge in [-0.1, -0.05) is 18.2 Å². The molecule has 0 aliphatic heterocycles. The van der Waals surface area contributed by atoms with E-state index in [1.807, 2.05) is 0 Å². The number of hydrogen-bond donors (Lipinski definition) is 1. The number of aromatic nitrogens is 1. The van der Waals surface area contributed by atoms with E-state index in [-0.39, 0.29) is 22.6 Å². The average molecular weight is 412 g/mol. The molecule has 3 aromatic rings. The number of esters is 1. The Morgan fingerprint density at radius 3 is 2.31 bits per heavy atom. The molecule has 0 fully saturated rings. The van der Waals surface area contributed by atoms with Gasteiger partial charge in [0.2, 0.25) is 0 Å². The Balaban J connectivity index is 1.71. The third-order valence-electron chi connectivity index (χ3n) is 4.13. The number of ether oxygens (including phenoxy) is 1. The Hall–Kier alpha value is -3.39. The maximum Gasteiger partial charge on any atom is 0.338 e. The van der Waals surface area contributed by atoms with Crippen molar-refractivity contribution in [3.05, 3.63) is 94.4 Å². The van der Waals surface area contributed by atoms with E-state index in [1.165, 1.54) is 30.3 Å². The Bertz CT molecular complexity index is 1150. The Morgan fingerprint density at radius 2 is 1.69 bits per heavy atom. The highest BCUT2D eigenvalue weighted by Gasteiger charge is 2.15. The van der Waals surface area contributed by atoms with Crippen LogP contribution in [0.2, 0.25) is 0 Å². The lowest BCUT2D eigenvalue weighted by Crippen LogP contribution is -2.18. The zero-order chi connectivity index (χ0) is 20.9. The number of sulfonamides is 1. The van der Waals surface area contributed by atoms with Gasteiger partial charge < -0.3 is 9.30 Å². The summed E-state index contributed by atoms with van der Waals surface area (Å²) in [5, 5.41) is 0. The number of anilines is 1. The second-order valence-corrected chi connectivity index (χ2v) is 7.90. The zero-order valence-electron chi connectivity index (χ0n) is 15.7. The number of nitrogens with one attached hydrogen (secondary N) is 1. The molecule has 0 saturated heterocycles. The number of nitrogens with zero attached hydrogens (tertiary/aromatic N) is 1. The molecule has 0 aliphatic rings. The first-order valence-corrected chi connectivity index (χ1v) is 10.4. The molecule has 0 bridgehead atoms. The molecule has 0 saturated carbocycles. The van der Waals surface area contributed by atoms with Gasteiger partial charge >= 0.3 is 5.97 Å². The van der Waals surface area contributed by atoms with Crippen molar-refractivity contribution in [2.24, 2.45) is 0 Å². The third kappa shape index (κ3) is 5.11. The van der Waals surface area contributed by atoms with Gasteiger partial charge in [-0.25, -0.2) is 13.2 Å². The summed E-state index contributed by atoms with van der Waals surface area (Å²) in [5.74, 6) is -0.502. The van der Waals surface area contributed by atoms with Gasteiger partial charge in [-0.3, -0.25) is 9.52 Å². The molecule has 0 aliphatic carbocycles. The van der Waals surface area contributed by atoms with Crippen LogP contribution in [-0.2, 0) is 21.3 Å². The van der Waals surface area contributed by atoms with Gasteiger partial charge in [-0.15, -0.1) is 0 Å². The maximum absolute atomic E-state index is 12.6. The van der Waals surface area contributed by atoms with E-state index < -0.39 is 16.0 Å². The molecular formula is C21H20N2O5S. The highest BCUT2D eigenvalue weighted by Crippen LogP contribution is 2.18. The summed E-state index contributed by atoms with van der Waals surface area (Å²) in [6, 6.07) is 17.2. The first-order valence-electron chi connectivity index (χ1n) is 8.93. The number of rotatable bonds is 7. The van der Waals surface area contributed by atoms with E-state index in [9.17, 15) is 18.0 Å². The highest BCUT2D eigenvalue weighted by molar-refractivity contribution is 7.92. The molecular weight excluding hydrogens is 392 g/mol. The minimum Gasteiger partial charge on any atom is -0.462 e. The second kappa shape index (κ2) is 8.74. The summed E-state index contributed by atoms with van der Waals surface area (Å²) in [4.78, 5) is 23.5.